The highest BCUT2D eigenvalue weighted by molar-refractivity contribution is 7.89. The molecule has 114 valence electrons. The minimum absolute atomic E-state index is 0.0587. The molecule has 0 amide bonds. The van der Waals surface area contributed by atoms with E-state index in [2.05, 4.69) is 14.7 Å². The average Bonchev–Trinajstić information content (AvgIpc) is 3.00. The summed E-state index contributed by atoms with van der Waals surface area (Å²) in [6.07, 6.45) is 3.72. The molecule has 21 heavy (non-hydrogen) atoms. The van der Waals surface area contributed by atoms with E-state index in [-0.39, 0.29) is 18.0 Å². The standard InChI is InChI=1S/C13H17N3O4S/c17-8-1-9-20-11-2-4-12(5-3-11)21(18,19)16-10-13-14-6-7-15-13/h2-7,16-17H,1,8-10H2,(H,14,15). The molecule has 0 aliphatic rings. The van der Waals surface area contributed by atoms with Gasteiger partial charge in [-0.1, -0.05) is 0 Å². The van der Waals surface area contributed by atoms with Gasteiger partial charge in [-0.25, -0.2) is 18.1 Å². The van der Waals surface area contributed by atoms with Crippen molar-refractivity contribution in [3.8, 4) is 5.75 Å². The number of aromatic amines is 1. The largest absolute Gasteiger partial charge is 0.494 e. The van der Waals surface area contributed by atoms with E-state index in [1.165, 1.54) is 12.1 Å². The second-order valence-corrected chi connectivity index (χ2v) is 6.02. The van der Waals surface area contributed by atoms with E-state index in [9.17, 15) is 8.42 Å². The van der Waals surface area contributed by atoms with Crippen LogP contribution in [0.4, 0.5) is 0 Å². The lowest BCUT2D eigenvalue weighted by Crippen LogP contribution is -2.23. The van der Waals surface area contributed by atoms with Crippen molar-refractivity contribution in [1.82, 2.24) is 14.7 Å². The number of nitrogens with one attached hydrogen (secondary N) is 2. The molecule has 1 heterocycles. The van der Waals surface area contributed by atoms with E-state index in [1.54, 1.807) is 24.5 Å². The summed E-state index contributed by atoms with van der Waals surface area (Å²) in [7, 11) is -3.58. The molecule has 2 aromatic rings. The lowest BCUT2D eigenvalue weighted by Gasteiger charge is -2.08. The van der Waals surface area contributed by atoms with Gasteiger partial charge in [-0.3, -0.25) is 0 Å². The fourth-order valence-electron chi connectivity index (χ4n) is 1.61. The highest BCUT2D eigenvalue weighted by Crippen LogP contribution is 2.16. The number of ether oxygens (including phenoxy) is 1. The SMILES string of the molecule is O=S(=O)(NCc1ncc[nH]1)c1ccc(OCCCO)cc1. The van der Waals surface area contributed by atoms with Crippen LogP contribution in [0.2, 0.25) is 0 Å². The van der Waals surface area contributed by atoms with E-state index in [4.69, 9.17) is 9.84 Å². The average molecular weight is 311 g/mol. The van der Waals surface area contributed by atoms with Crippen LogP contribution < -0.4 is 9.46 Å². The van der Waals surface area contributed by atoms with Gasteiger partial charge in [-0.05, 0) is 24.3 Å². The topological polar surface area (TPSA) is 104 Å². The maximum Gasteiger partial charge on any atom is 0.240 e. The van der Waals surface area contributed by atoms with Gasteiger partial charge in [-0.2, -0.15) is 0 Å². The van der Waals surface area contributed by atoms with Gasteiger partial charge in [-0.15, -0.1) is 0 Å². The van der Waals surface area contributed by atoms with E-state index < -0.39 is 10.0 Å². The van der Waals surface area contributed by atoms with Crippen LogP contribution in [0, 0.1) is 0 Å². The van der Waals surface area contributed by atoms with Crippen LogP contribution in [0.1, 0.15) is 12.2 Å². The summed E-state index contributed by atoms with van der Waals surface area (Å²) in [5, 5.41) is 8.66. The fraction of sp³-hybridized carbons (Fsp3) is 0.308. The van der Waals surface area contributed by atoms with Crippen LogP contribution in [-0.4, -0.2) is 36.7 Å². The van der Waals surface area contributed by atoms with E-state index in [0.29, 0.717) is 24.6 Å². The molecule has 0 aliphatic heterocycles. The Labute approximate surface area is 123 Å². The normalized spacial score (nSPS) is 11.5. The molecule has 0 spiro atoms. The van der Waals surface area contributed by atoms with E-state index in [0.717, 1.165) is 0 Å². The number of hydrogen-bond donors (Lipinski definition) is 3. The molecular formula is C13H17N3O4S. The number of aliphatic hydroxyl groups excluding tert-OH is 1. The Balaban J connectivity index is 1.96. The molecule has 7 nitrogen and oxygen atoms in total. The number of aliphatic hydroxyl groups is 1. The zero-order valence-electron chi connectivity index (χ0n) is 11.3. The number of sulfonamides is 1. The Morgan fingerprint density at radius 3 is 2.67 bits per heavy atom. The number of aromatic nitrogens is 2. The molecular weight excluding hydrogens is 294 g/mol. The molecule has 1 aromatic heterocycles. The minimum atomic E-state index is -3.58. The van der Waals surface area contributed by atoms with Crippen molar-refractivity contribution in [3.05, 3.63) is 42.5 Å². The van der Waals surface area contributed by atoms with Gasteiger partial charge >= 0.3 is 0 Å². The van der Waals surface area contributed by atoms with Crippen molar-refractivity contribution in [1.29, 1.82) is 0 Å². The van der Waals surface area contributed by atoms with Crippen LogP contribution in [-0.2, 0) is 16.6 Å². The van der Waals surface area contributed by atoms with Crippen molar-refractivity contribution in [2.24, 2.45) is 0 Å². The summed E-state index contributed by atoms with van der Waals surface area (Å²) < 4.78 is 31.9. The Bertz CT molecular complexity index is 639. The van der Waals surface area contributed by atoms with Crippen LogP contribution in [0.15, 0.2) is 41.6 Å². The van der Waals surface area contributed by atoms with Crippen LogP contribution in [0.3, 0.4) is 0 Å². The molecule has 2 rings (SSSR count). The number of imidazole rings is 1. The first-order valence-electron chi connectivity index (χ1n) is 6.43. The smallest absolute Gasteiger partial charge is 0.240 e. The third-order valence-electron chi connectivity index (χ3n) is 2.69. The van der Waals surface area contributed by atoms with Crippen molar-refractivity contribution < 1.29 is 18.3 Å². The van der Waals surface area contributed by atoms with Crippen molar-refractivity contribution >= 4 is 10.0 Å². The zero-order chi connectivity index (χ0) is 15.1. The molecule has 0 atom stereocenters. The van der Waals surface area contributed by atoms with Crippen LogP contribution in [0.5, 0.6) is 5.75 Å². The van der Waals surface area contributed by atoms with Gasteiger partial charge in [0, 0.05) is 25.4 Å². The molecule has 1 aromatic carbocycles. The number of rotatable bonds is 8. The van der Waals surface area contributed by atoms with Gasteiger partial charge < -0.3 is 14.8 Å². The summed E-state index contributed by atoms with van der Waals surface area (Å²) in [4.78, 5) is 6.92. The molecule has 3 N–H and O–H groups in total. The van der Waals surface area contributed by atoms with Crippen LogP contribution >= 0.6 is 0 Å². The molecule has 0 unspecified atom stereocenters. The summed E-state index contributed by atoms with van der Waals surface area (Å²) >= 11 is 0. The zero-order valence-corrected chi connectivity index (χ0v) is 12.1. The van der Waals surface area contributed by atoms with E-state index in [1.807, 2.05) is 0 Å². The van der Waals surface area contributed by atoms with Crippen LogP contribution in [0.25, 0.3) is 0 Å². The van der Waals surface area contributed by atoms with Gasteiger partial charge in [0.25, 0.3) is 0 Å². The van der Waals surface area contributed by atoms with Gasteiger partial charge in [0.2, 0.25) is 10.0 Å². The van der Waals surface area contributed by atoms with Gasteiger partial charge in [0.1, 0.15) is 11.6 Å². The minimum Gasteiger partial charge on any atom is -0.494 e. The van der Waals surface area contributed by atoms with Crippen molar-refractivity contribution in [2.45, 2.75) is 17.9 Å². The second-order valence-electron chi connectivity index (χ2n) is 4.26. The Morgan fingerprint density at radius 2 is 2.05 bits per heavy atom. The summed E-state index contributed by atoms with van der Waals surface area (Å²) in [6, 6.07) is 6.11. The third kappa shape index (κ3) is 4.55. The van der Waals surface area contributed by atoms with Crippen molar-refractivity contribution in [2.75, 3.05) is 13.2 Å². The number of nitrogens with zero attached hydrogens (tertiary/aromatic N) is 1. The molecule has 8 heteroatoms. The first kappa shape index (κ1) is 15.5. The van der Waals surface area contributed by atoms with Gasteiger partial charge in [0.15, 0.2) is 0 Å². The molecule has 0 radical (unpaired) electrons. The summed E-state index contributed by atoms with van der Waals surface area (Å²) in [6.45, 7) is 0.548. The first-order chi connectivity index (χ1) is 10.1. The predicted octanol–water partition coefficient (Wildman–Crippen LogP) is 0.649. The molecule has 0 bridgehead atoms. The number of hydrogen-bond acceptors (Lipinski definition) is 5. The number of benzene rings is 1. The van der Waals surface area contributed by atoms with Crippen molar-refractivity contribution in [3.63, 3.8) is 0 Å². The fourth-order valence-corrected chi connectivity index (χ4v) is 2.60. The first-order valence-corrected chi connectivity index (χ1v) is 7.92. The highest BCUT2D eigenvalue weighted by Gasteiger charge is 2.14. The van der Waals surface area contributed by atoms with E-state index >= 15 is 0 Å². The summed E-state index contributed by atoms with van der Waals surface area (Å²) in [5.41, 5.74) is 0. The summed E-state index contributed by atoms with van der Waals surface area (Å²) in [5.74, 6) is 1.11. The lowest BCUT2D eigenvalue weighted by atomic mass is 10.3. The van der Waals surface area contributed by atoms with Gasteiger partial charge in [0.05, 0.1) is 18.0 Å². The Hall–Kier alpha value is -1.90. The third-order valence-corrected chi connectivity index (χ3v) is 4.11. The maximum atomic E-state index is 12.1. The molecule has 0 fully saturated rings. The Kier molecular flexibility index (Phi) is 5.32. The predicted molar refractivity (Wildman–Crippen MR) is 76.3 cm³/mol. The monoisotopic (exact) mass is 311 g/mol. The highest BCUT2D eigenvalue weighted by atomic mass is 32.2. The molecule has 0 aliphatic carbocycles. The molecule has 0 saturated heterocycles. The lowest BCUT2D eigenvalue weighted by molar-refractivity contribution is 0.233. The molecule has 0 saturated carbocycles. The number of H-pyrrole nitrogens is 1. The second kappa shape index (κ2) is 7.21. The quantitative estimate of drug-likeness (QED) is 0.621. The Morgan fingerprint density at radius 1 is 1.29 bits per heavy atom. The maximum absolute atomic E-state index is 12.1.